The number of likely N-dealkylation sites (tertiary alicyclic amines) is 1. The summed E-state index contributed by atoms with van der Waals surface area (Å²) in [6, 6.07) is 12.8. The highest BCUT2D eigenvalue weighted by molar-refractivity contribution is 6.47. The van der Waals surface area contributed by atoms with Crippen LogP contribution in [0, 0.1) is 5.82 Å². The van der Waals surface area contributed by atoms with Gasteiger partial charge in [-0.05, 0) is 36.4 Å². The molecule has 0 radical (unpaired) electrons. The molecule has 0 aliphatic carbocycles. The summed E-state index contributed by atoms with van der Waals surface area (Å²) >= 11 is 6.03. The summed E-state index contributed by atoms with van der Waals surface area (Å²) in [5.74, 6) is -0.707. The number of amides is 2. The highest BCUT2D eigenvalue weighted by atomic mass is 35.5. The number of benzene rings is 2. The number of carbonyl (C=O) groups is 2. The summed E-state index contributed by atoms with van der Waals surface area (Å²) in [5, 5.41) is 6.33. The molecule has 29 heavy (non-hydrogen) atoms. The Labute approximate surface area is 172 Å². The maximum Gasteiger partial charge on any atom is 0.272 e. The first-order chi connectivity index (χ1) is 13.9. The van der Waals surface area contributed by atoms with Crippen LogP contribution in [-0.2, 0) is 9.59 Å². The SMILES string of the molecule is O=C(CN1CCC2(CC1)N=C(c1cccc(Cl)c1)C(=O)N2)Nc1ccc(F)cc1. The van der Waals surface area contributed by atoms with Gasteiger partial charge in [-0.3, -0.25) is 19.5 Å². The molecule has 2 aromatic rings. The van der Waals surface area contributed by atoms with Crippen molar-refractivity contribution in [1.82, 2.24) is 10.2 Å². The zero-order valence-corrected chi connectivity index (χ0v) is 16.4. The van der Waals surface area contributed by atoms with E-state index < -0.39 is 5.66 Å². The molecule has 6 nitrogen and oxygen atoms in total. The fourth-order valence-electron chi connectivity index (χ4n) is 3.65. The molecule has 1 fully saturated rings. The number of anilines is 1. The molecule has 2 aromatic carbocycles. The van der Waals surface area contributed by atoms with Crippen LogP contribution in [0.4, 0.5) is 10.1 Å². The average Bonchev–Trinajstić information content (AvgIpc) is 3.02. The van der Waals surface area contributed by atoms with Crippen LogP contribution in [0.2, 0.25) is 5.02 Å². The number of carbonyl (C=O) groups excluding carboxylic acids is 2. The van der Waals surface area contributed by atoms with Crippen molar-refractivity contribution >= 4 is 34.8 Å². The molecule has 0 unspecified atom stereocenters. The molecule has 0 saturated carbocycles. The van der Waals surface area contributed by atoms with Crippen molar-refractivity contribution in [2.45, 2.75) is 18.5 Å². The van der Waals surface area contributed by atoms with Crippen molar-refractivity contribution < 1.29 is 14.0 Å². The Hall–Kier alpha value is -2.77. The molecule has 4 rings (SSSR count). The van der Waals surface area contributed by atoms with E-state index in [9.17, 15) is 14.0 Å². The van der Waals surface area contributed by atoms with Crippen LogP contribution in [-0.4, -0.2) is 47.7 Å². The fraction of sp³-hybridized carbons (Fsp3) is 0.286. The number of halogens is 2. The Balaban J connectivity index is 1.36. The van der Waals surface area contributed by atoms with Gasteiger partial charge in [0.15, 0.2) is 0 Å². The van der Waals surface area contributed by atoms with E-state index in [-0.39, 0.29) is 24.2 Å². The minimum Gasteiger partial charge on any atom is -0.326 e. The van der Waals surface area contributed by atoms with E-state index in [1.54, 1.807) is 18.2 Å². The largest absolute Gasteiger partial charge is 0.326 e. The Morgan fingerprint density at radius 3 is 2.62 bits per heavy atom. The van der Waals surface area contributed by atoms with E-state index in [1.165, 1.54) is 24.3 Å². The molecule has 2 heterocycles. The van der Waals surface area contributed by atoms with Gasteiger partial charge in [0.25, 0.3) is 5.91 Å². The third-order valence-electron chi connectivity index (χ3n) is 5.16. The maximum atomic E-state index is 13.0. The third-order valence-corrected chi connectivity index (χ3v) is 5.40. The summed E-state index contributed by atoms with van der Waals surface area (Å²) in [6.07, 6.45) is 1.24. The van der Waals surface area contributed by atoms with Gasteiger partial charge in [0, 0.05) is 42.2 Å². The third kappa shape index (κ3) is 4.46. The highest BCUT2D eigenvalue weighted by Crippen LogP contribution is 2.29. The van der Waals surface area contributed by atoms with Crippen LogP contribution in [0.25, 0.3) is 0 Å². The summed E-state index contributed by atoms with van der Waals surface area (Å²) < 4.78 is 13.0. The number of rotatable bonds is 4. The number of piperidine rings is 1. The predicted molar refractivity (Wildman–Crippen MR) is 110 cm³/mol. The van der Waals surface area contributed by atoms with Gasteiger partial charge in [0.05, 0.1) is 6.54 Å². The van der Waals surface area contributed by atoms with Crippen molar-refractivity contribution in [3.63, 3.8) is 0 Å². The number of aliphatic imine (C=N–C) groups is 1. The molecular formula is C21H20ClFN4O2. The van der Waals surface area contributed by atoms with E-state index in [1.807, 2.05) is 11.0 Å². The van der Waals surface area contributed by atoms with Gasteiger partial charge in [-0.1, -0.05) is 23.7 Å². The van der Waals surface area contributed by atoms with Gasteiger partial charge >= 0.3 is 0 Å². The van der Waals surface area contributed by atoms with Crippen molar-refractivity contribution in [1.29, 1.82) is 0 Å². The van der Waals surface area contributed by atoms with Crippen molar-refractivity contribution in [2.24, 2.45) is 4.99 Å². The lowest BCUT2D eigenvalue weighted by atomic mass is 9.98. The smallest absolute Gasteiger partial charge is 0.272 e. The molecule has 8 heteroatoms. The lowest BCUT2D eigenvalue weighted by Gasteiger charge is -2.36. The van der Waals surface area contributed by atoms with Crippen LogP contribution in [0.5, 0.6) is 0 Å². The minimum absolute atomic E-state index is 0.161. The lowest BCUT2D eigenvalue weighted by Crippen LogP contribution is -2.52. The number of nitrogens with one attached hydrogen (secondary N) is 2. The summed E-state index contributed by atoms with van der Waals surface area (Å²) in [5.41, 5.74) is 1.03. The quantitative estimate of drug-likeness (QED) is 0.808. The molecule has 150 valence electrons. The topological polar surface area (TPSA) is 73.8 Å². The van der Waals surface area contributed by atoms with Gasteiger partial charge in [0.2, 0.25) is 5.91 Å². The van der Waals surface area contributed by atoms with Crippen LogP contribution in [0.1, 0.15) is 18.4 Å². The van der Waals surface area contributed by atoms with Crippen molar-refractivity contribution in [3.05, 3.63) is 64.9 Å². The number of hydrogen-bond donors (Lipinski definition) is 2. The zero-order chi connectivity index (χ0) is 20.4. The van der Waals surface area contributed by atoms with Crippen LogP contribution >= 0.6 is 11.6 Å². The minimum atomic E-state index is -0.626. The van der Waals surface area contributed by atoms with E-state index in [4.69, 9.17) is 16.6 Å². The van der Waals surface area contributed by atoms with Gasteiger partial charge in [-0.15, -0.1) is 0 Å². The van der Waals surface area contributed by atoms with Crippen LogP contribution < -0.4 is 10.6 Å². The first kappa shape index (κ1) is 19.5. The van der Waals surface area contributed by atoms with Gasteiger partial charge in [0.1, 0.15) is 17.2 Å². The molecule has 0 aromatic heterocycles. The molecule has 2 amide bonds. The molecule has 2 N–H and O–H groups in total. The maximum absolute atomic E-state index is 13.0. The first-order valence-electron chi connectivity index (χ1n) is 9.39. The van der Waals surface area contributed by atoms with E-state index >= 15 is 0 Å². The second kappa shape index (κ2) is 7.93. The molecule has 1 spiro atoms. The van der Waals surface area contributed by atoms with E-state index in [2.05, 4.69) is 10.6 Å². The monoisotopic (exact) mass is 414 g/mol. The molecule has 2 aliphatic heterocycles. The molecule has 0 atom stereocenters. The first-order valence-corrected chi connectivity index (χ1v) is 9.76. The number of hydrogen-bond acceptors (Lipinski definition) is 4. The van der Waals surface area contributed by atoms with Crippen LogP contribution in [0.15, 0.2) is 53.5 Å². The van der Waals surface area contributed by atoms with Crippen LogP contribution in [0.3, 0.4) is 0 Å². The molecule has 0 bridgehead atoms. The van der Waals surface area contributed by atoms with Crippen molar-refractivity contribution in [2.75, 3.05) is 25.0 Å². The summed E-state index contributed by atoms with van der Waals surface area (Å²) in [4.78, 5) is 31.4. The molecule has 1 saturated heterocycles. The standard InChI is InChI=1S/C21H20ClFN4O2/c22-15-3-1-2-14(12-15)19-20(29)26-21(25-19)8-10-27(11-9-21)13-18(28)24-17-6-4-16(23)5-7-17/h1-7,12H,8-11,13H2,(H,24,28)(H,26,29). The normalized spacial score (nSPS) is 18.4. The molecule has 2 aliphatic rings. The predicted octanol–water partition coefficient (Wildman–Crippen LogP) is 2.83. The second-order valence-corrected chi connectivity index (χ2v) is 7.72. The van der Waals surface area contributed by atoms with Gasteiger partial charge in [-0.25, -0.2) is 4.39 Å². The summed E-state index contributed by atoms with van der Waals surface area (Å²) in [6.45, 7) is 1.49. The summed E-state index contributed by atoms with van der Waals surface area (Å²) in [7, 11) is 0. The average molecular weight is 415 g/mol. The second-order valence-electron chi connectivity index (χ2n) is 7.29. The van der Waals surface area contributed by atoms with E-state index in [0.717, 1.165) is 0 Å². The van der Waals surface area contributed by atoms with Gasteiger partial charge in [-0.2, -0.15) is 0 Å². The Bertz CT molecular complexity index is 969. The van der Waals surface area contributed by atoms with Crippen molar-refractivity contribution in [3.8, 4) is 0 Å². The Morgan fingerprint density at radius 1 is 1.21 bits per heavy atom. The number of nitrogens with zero attached hydrogens (tertiary/aromatic N) is 2. The van der Waals surface area contributed by atoms with E-state index in [0.29, 0.717) is 47.9 Å². The zero-order valence-electron chi connectivity index (χ0n) is 15.6. The fourth-order valence-corrected chi connectivity index (χ4v) is 3.84. The van der Waals surface area contributed by atoms with Gasteiger partial charge < -0.3 is 10.6 Å². The Kier molecular flexibility index (Phi) is 5.34. The Morgan fingerprint density at radius 2 is 1.93 bits per heavy atom. The lowest BCUT2D eigenvalue weighted by molar-refractivity contribution is -0.119. The molecular weight excluding hydrogens is 395 g/mol. The highest BCUT2D eigenvalue weighted by Gasteiger charge is 2.42.